The molecule has 0 saturated heterocycles. The van der Waals surface area contributed by atoms with E-state index in [0.717, 1.165) is 18.7 Å². The normalized spacial score (nSPS) is 17.5. The Kier molecular flexibility index (Phi) is 2.99. The number of esters is 1. The van der Waals surface area contributed by atoms with E-state index in [-0.39, 0.29) is 12.0 Å². The van der Waals surface area contributed by atoms with Crippen LogP contribution < -0.4 is 0 Å². The zero-order chi connectivity index (χ0) is 11.7. The van der Waals surface area contributed by atoms with Gasteiger partial charge in [-0.15, -0.1) is 0 Å². The van der Waals surface area contributed by atoms with Crippen LogP contribution in [0.15, 0.2) is 12.4 Å². The number of imidazole rings is 1. The molecule has 1 saturated carbocycles. The van der Waals surface area contributed by atoms with Crippen LogP contribution in [0, 0.1) is 5.92 Å². The molecule has 0 aliphatic heterocycles. The SMILES string of the molecule is COC(=O)C(C1CC1)n1ccnc1C(C)C. The molecule has 4 nitrogen and oxygen atoms in total. The van der Waals surface area contributed by atoms with Crippen LogP contribution in [0.5, 0.6) is 0 Å². The molecule has 1 unspecified atom stereocenters. The van der Waals surface area contributed by atoms with Gasteiger partial charge in [-0.25, -0.2) is 9.78 Å². The first-order valence-corrected chi connectivity index (χ1v) is 5.75. The van der Waals surface area contributed by atoms with Gasteiger partial charge in [0.25, 0.3) is 0 Å². The van der Waals surface area contributed by atoms with Gasteiger partial charge in [0.1, 0.15) is 11.9 Å². The lowest BCUT2D eigenvalue weighted by atomic mass is 10.1. The fourth-order valence-electron chi connectivity index (χ4n) is 2.07. The van der Waals surface area contributed by atoms with Gasteiger partial charge < -0.3 is 9.30 Å². The molecule has 0 aromatic carbocycles. The molecule has 1 fully saturated rings. The Hall–Kier alpha value is -1.32. The standard InChI is InChI=1S/C12H18N2O2/c1-8(2)11-13-6-7-14(11)10(9-4-5-9)12(15)16-3/h6-10H,4-5H2,1-3H3. The molecule has 0 amide bonds. The molecule has 16 heavy (non-hydrogen) atoms. The molecule has 0 radical (unpaired) electrons. The number of ether oxygens (including phenoxy) is 1. The lowest BCUT2D eigenvalue weighted by Gasteiger charge is -2.19. The van der Waals surface area contributed by atoms with Crippen molar-refractivity contribution >= 4 is 5.97 Å². The first-order valence-electron chi connectivity index (χ1n) is 5.75. The quantitative estimate of drug-likeness (QED) is 0.733. The highest BCUT2D eigenvalue weighted by atomic mass is 16.5. The molecule has 0 spiro atoms. The zero-order valence-corrected chi connectivity index (χ0v) is 10.0. The van der Waals surface area contributed by atoms with Crippen molar-refractivity contribution in [3.63, 3.8) is 0 Å². The predicted molar refractivity (Wildman–Crippen MR) is 60.1 cm³/mol. The second-order valence-electron chi connectivity index (χ2n) is 4.65. The molecule has 1 aromatic heterocycles. The highest BCUT2D eigenvalue weighted by Crippen LogP contribution is 2.41. The van der Waals surface area contributed by atoms with Crippen LogP contribution in [-0.4, -0.2) is 22.6 Å². The van der Waals surface area contributed by atoms with Crippen LogP contribution in [-0.2, 0) is 9.53 Å². The number of rotatable bonds is 4. The number of aromatic nitrogens is 2. The van der Waals surface area contributed by atoms with Crippen molar-refractivity contribution in [2.45, 2.75) is 38.6 Å². The molecule has 1 aromatic rings. The van der Waals surface area contributed by atoms with E-state index >= 15 is 0 Å². The minimum absolute atomic E-state index is 0.151. The molecular weight excluding hydrogens is 204 g/mol. The van der Waals surface area contributed by atoms with Crippen LogP contribution in [0.3, 0.4) is 0 Å². The van der Waals surface area contributed by atoms with Crippen molar-refractivity contribution in [3.8, 4) is 0 Å². The third kappa shape index (κ3) is 1.96. The predicted octanol–water partition coefficient (Wildman–Crippen LogP) is 2.13. The van der Waals surface area contributed by atoms with Gasteiger partial charge in [-0.05, 0) is 18.8 Å². The van der Waals surface area contributed by atoms with Crippen molar-refractivity contribution in [3.05, 3.63) is 18.2 Å². The van der Waals surface area contributed by atoms with E-state index < -0.39 is 0 Å². The summed E-state index contributed by atoms with van der Waals surface area (Å²) in [5.41, 5.74) is 0. The van der Waals surface area contributed by atoms with Crippen LogP contribution in [0.1, 0.15) is 44.5 Å². The number of carbonyl (C=O) groups excluding carboxylic acids is 1. The molecule has 1 atom stereocenters. The van der Waals surface area contributed by atoms with Gasteiger partial charge in [0, 0.05) is 18.3 Å². The Morgan fingerprint density at radius 1 is 1.56 bits per heavy atom. The molecule has 2 rings (SSSR count). The topological polar surface area (TPSA) is 44.1 Å². The smallest absolute Gasteiger partial charge is 0.329 e. The summed E-state index contributed by atoms with van der Waals surface area (Å²) in [6.07, 6.45) is 5.86. The average molecular weight is 222 g/mol. The molecule has 0 bridgehead atoms. The molecule has 88 valence electrons. The van der Waals surface area contributed by atoms with E-state index in [9.17, 15) is 4.79 Å². The second kappa shape index (κ2) is 4.28. The minimum atomic E-state index is -0.176. The number of methoxy groups -OCH3 is 1. The molecule has 0 N–H and O–H groups in total. The van der Waals surface area contributed by atoms with Gasteiger partial charge in [0.05, 0.1) is 7.11 Å². The van der Waals surface area contributed by atoms with Crippen LogP contribution >= 0.6 is 0 Å². The van der Waals surface area contributed by atoms with Crippen molar-refractivity contribution in [2.75, 3.05) is 7.11 Å². The van der Waals surface area contributed by atoms with E-state index in [1.54, 1.807) is 6.20 Å². The number of carbonyl (C=O) groups is 1. The summed E-state index contributed by atoms with van der Waals surface area (Å²) in [6.45, 7) is 4.17. The number of hydrogen-bond donors (Lipinski definition) is 0. The Morgan fingerprint density at radius 3 is 2.75 bits per heavy atom. The van der Waals surface area contributed by atoms with Crippen molar-refractivity contribution < 1.29 is 9.53 Å². The van der Waals surface area contributed by atoms with Gasteiger partial charge in [-0.1, -0.05) is 13.8 Å². The van der Waals surface area contributed by atoms with Gasteiger partial charge in [0.2, 0.25) is 0 Å². The van der Waals surface area contributed by atoms with Crippen LogP contribution in [0.2, 0.25) is 0 Å². The Labute approximate surface area is 95.6 Å². The molecule has 1 aliphatic carbocycles. The third-order valence-corrected chi connectivity index (χ3v) is 3.03. The zero-order valence-electron chi connectivity index (χ0n) is 10.0. The monoisotopic (exact) mass is 222 g/mol. The van der Waals surface area contributed by atoms with Gasteiger partial charge in [0.15, 0.2) is 0 Å². The van der Waals surface area contributed by atoms with E-state index in [1.165, 1.54) is 7.11 Å². The Balaban J connectivity index is 2.31. The minimum Gasteiger partial charge on any atom is -0.467 e. The van der Waals surface area contributed by atoms with E-state index in [2.05, 4.69) is 18.8 Å². The second-order valence-corrected chi connectivity index (χ2v) is 4.65. The van der Waals surface area contributed by atoms with Crippen molar-refractivity contribution in [2.24, 2.45) is 5.92 Å². The summed E-state index contributed by atoms with van der Waals surface area (Å²) >= 11 is 0. The van der Waals surface area contributed by atoms with E-state index in [4.69, 9.17) is 4.74 Å². The van der Waals surface area contributed by atoms with E-state index in [1.807, 2.05) is 10.8 Å². The maximum absolute atomic E-state index is 11.8. The maximum Gasteiger partial charge on any atom is 0.329 e. The summed E-state index contributed by atoms with van der Waals surface area (Å²) in [6, 6.07) is -0.176. The summed E-state index contributed by atoms with van der Waals surface area (Å²) in [5, 5.41) is 0. The maximum atomic E-state index is 11.8. The summed E-state index contributed by atoms with van der Waals surface area (Å²) < 4.78 is 6.86. The molecule has 1 heterocycles. The highest BCUT2D eigenvalue weighted by Gasteiger charge is 2.39. The average Bonchev–Trinajstić information content (AvgIpc) is 2.95. The fraction of sp³-hybridized carbons (Fsp3) is 0.667. The molecular formula is C12H18N2O2. The summed E-state index contributed by atoms with van der Waals surface area (Å²) in [7, 11) is 1.45. The fourth-order valence-corrected chi connectivity index (χ4v) is 2.07. The first-order chi connectivity index (χ1) is 7.65. The molecule has 1 aliphatic rings. The van der Waals surface area contributed by atoms with Gasteiger partial charge in [-0.2, -0.15) is 0 Å². The summed E-state index contributed by atoms with van der Waals surface area (Å²) in [4.78, 5) is 16.1. The first kappa shape index (κ1) is 11.2. The Morgan fingerprint density at radius 2 is 2.25 bits per heavy atom. The lowest BCUT2D eigenvalue weighted by molar-refractivity contribution is -0.145. The number of hydrogen-bond acceptors (Lipinski definition) is 3. The lowest BCUT2D eigenvalue weighted by Crippen LogP contribution is -2.24. The number of nitrogens with zero attached hydrogens (tertiary/aromatic N) is 2. The van der Waals surface area contributed by atoms with Gasteiger partial charge >= 0.3 is 5.97 Å². The summed E-state index contributed by atoms with van der Waals surface area (Å²) in [5.74, 6) is 1.56. The van der Waals surface area contributed by atoms with Crippen molar-refractivity contribution in [1.29, 1.82) is 0 Å². The largest absolute Gasteiger partial charge is 0.467 e. The van der Waals surface area contributed by atoms with Crippen molar-refractivity contribution in [1.82, 2.24) is 9.55 Å². The molecule has 4 heteroatoms. The van der Waals surface area contributed by atoms with E-state index in [0.29, 0.717) is 11.8 Å². The Bertz CT molecular complexity index is 380. The third-order valence-electron chi connectivity index (χ3n) is 3.03. The van der Waals surface area contributed by atoms with Crippen LogP contribution in [0.4, 0.5) is 0 Å². The van der Waals surface area contributed by atoms with Crippen LogP contribution in [0.25, 0.3) is 0 Å². The van der Waals surface area contributed by atoms with Gasteiger partial charge in [-0.3, -0.25) is 0 Å². The highest BCUT2D eigenvalue weighted by molar-refractivity contribution is 5.75.